The number of carbonyl (C=O) groups is 2. The Bertz CT molecular complexity index is 626. The largest absolute Gasteiger partial charge is 0.340 e. The first-order valence-corrected chi connectivity index (χ1v) is 7.66. The van der Waals surface area contributed by atoms with Crippen molar-refractivity contribution in [1.82, 2.24) is 15.3 Å². The van der Waals surface area contributed by atoms with Crippen LogP contribution in [-0.2, 0) is 4.79 Å². The second-order valence-electron chi connectivity index (χ2n) is 5.97. The van der Waals surface area contributed by atoms with Crippen molar-refractivity contribution < 1.29 is 9.59 Å². The number of nitrogens with one attached hydrogen (secondary N) is 1. The third-order valence-corrected chi connectivity index (χ3v) is 4.56. The Labute approximate surface area is 128 Å². The lowest BCUT2D eigenvalue weighted by atomic mass is 9.85. The van der Waals surface area contributed by atoms with Gasteiger partial charge in [-0.2, -0.15) is 5.43 Å². The molecule has 2 aliphatic heterocycles. The Morgan fingerprint density at radius 2 is 1.86 bits per heavy atom. The quantitative estimate of drug-likeness (QED) is 0.927. The zero-order valence-electron chi connectivity index (χ0n) is 12.2. The molecule has 22 heavy (non-hydrogen) atoms. The van der Waals surface area contributed by atoms with Crippen LogP contribution in [0, 0.1) is 5.92 Å². The van der Waals surface area contributed by atoms with Gasteiger partial charge in [0.25, 0.3) is 5.91 Å². The standard InChI is InChI=1S/C16H18N4O2/c21-15-14-17-20(11-12-5-4-6-12)16(22)19(14)10-9-18(15)13-7-2-1-3-8-13/h1-3,7-10,12,14,17H,4-6,11H2. The van der Waals surface area contributed by atoms with Crippen molar-refractivity contribution in [3.8, 4) is 0 Å². The number of anilines is 1. The summed E-state index contributed by atoms with van der Waals surface area (Å²) < 4.78 is 0. The van der Waals surface area contributed by atoms with E-state index in [-0.39, 0.29) is 11.9 Å². The molecule has 0 bridgehead atoms. The highest BCUT2D eigenvalue weighted by Crippen LogP contribution is 2.29. The van der Waals surface area contributed by atoms with Crippen LogP contribution in [-0.4, -0.2) is 34.6 Å². The molecule has 1 aliphatic carbocycles. The van der Waals surface area contributed by atoms with Crippen LogP contribution in [0.1, 0.15) is 19.3 Å². The number of hydrogen-bond donors (Lipinski definition) is 1. The summed E-state index contributed by atoms with van der Waals surface area (Å²) in [7, 11) is 0. The Kier molecular flexibility index (Phi) is 3.11. The van der Waals surface area contributed by atoms with Crippen LogP contribution in [0.25, 0.3) is 0 Å². The van der Waals surface area contributed by atoms with E-state index >= 15 is 0 Å². The molecule has 1 aromatic rings. The van der Waals surface area contributed by atoms with Crippen LogP contribution < -0.4 is 10.3 Å². The van der Waals surface area contributed by atoms with Gasteiger partial charge < -0.3 is 0 Å². The smallest absolute Gasteiger partial charge is 0.283 e. The zero-order valence-corrected chi connectivity index (χ0v) is 12.2. The van der Waals surface area contributed by atoms with E-state index in [9.17, 15) is 9.59 Å². The molecule has 2 heterocycles. The van der Waals surface area contributed by atoms with Crippen LogP contribution in [0.15, 0.2) is 42.7 Å². The summed E-state index contributed by atoms with van der Waals surface area (Å²) in [5.41, 5.74) is 3.86. The number of amides is 3. The van der Waals surface area contributed by atoms with Gasteiger partial charge in [0, 0.05) is 24.6 Å². The van der Waals surface area contributed by atoms with Gasteiger partial charge in [-0.25, -0.2) is 4.79 Å². The fourth-order valence-electron chi connectivity index (χ4n) is 3.05. The Balaban J connectivity index is 1.54. The summed E-state index contributed by atoms with van der Waals surface area (Å²) in [5.74, 6) is 0.417. The molecule has 1 unspecified atom stereocenters. The highest BCUT2D eigenvalue weighted by Gasteiger charge is 2.44. The SMILES string of the molecule is O=C1C2NN(CC3CCC3)C(=O)N2C=CN1c1ccccc1. The minimum absolute atomic E-state index is 0.141. The molecule has 1 aromatic carbocycles. The van der Waals surface area contributed by atoms with E-state index in [1.807, 2.05) is 30.3 Å². The average Bonchev–Trinajstić information content (AvgIpc) is 2.82. The molecule has 0 spiro atoms. The summed E-state index contributed by atoms with van der Waals surface area (Å²) in [6, 6.07) is 9.29. The topological polar surface area (TPSA) is 55.9 Å². The van der Waals surface area contributed by atoms with Crippen LogP contribution in [0.4, 0.5) is 10.5 Å². The van der Waals surface area contributed by atoms with Gasteiger partial charge >= 0.3 is 6.03 Å². The van der Waals surface area contributed by atoms with Crippen LogP contribution in [0.2, 0.25) is 0 Å². The Morgan fingerprint density at radius 1 is 1.09 bits per heavy atom. The van der Waals surface area contributed by atoms with Gasteiger partial charge in [0.15, 0.2) is 6.17 Å². The van der Waals surface area contributed by atoms with E-state index in [1.54, 1.807) is 22.3 Å². The number of para-hydroxylation sites is 1. The number of nitrogens with zero attached hydrogens (tertiary/aromatic N) is 3. The number of hydrazine groups is 1. The van der Waals surface area contributed by atoms with Crippen molar-refractivity contribution in [2.75, 3.05) is 11.4 Å². The molecule has 2 fully saturated rings. The van der Waals surface area contributed by atoms with E-state index in [2.05, 4.69) is 5.43 Å². The first kappa shape index (κ1) is 13.3. The monoisotopic (exact) mass is 298 g/mol. The molecule has 3 aliphatic rings. The molecule has 6 heteroatoms. The lowest BCUT2D eigenvalue weighted by Gasteiger charge is -2.29. The van der Waals surface area contributed by atoms with Gasteiger partial charge in [0.2, 0.25) is 0 Å². The van der Waals surface area contributed by atoms with Crippen molar-refractivity contribution in [3.63, 3.8) is 0 Å². The summed E-state index contributed by atoms with van der Waals surface area (Å²) in [5, 5.41) is 1.59. The van der Waals surface area contributed by atoms with Crippen LogP contribution >= 0.6 is 0 Å². The molecule has 1 atom stereocenters. The third kappa shape index (κ3) is 2.07. The molecule has 0 radical (unpaired) electrons. The van der Waals surface area contributed by atoms with E-state index in [1.165, 1.54) is 11.3 Å². The van der Waals surface area contributed by atoms with E-state index < -0.39 is 6.17 Å². The fourth-order valence-corrected chi connectivity index (χ4v) is 3.05. The van der Waals surface area contributed by atoms with Gasteiger partial charge in [-0.15, -0.1) is 0 Å². The average molecular weight is 298 g/mol. The van der Waals surface area contributed by atoms with Gasteiger partial charge in [-0.1, -0.05) is 24.6 Å². The number of hydrogen-bond acceptors (Lipinski definition) is 3. The fraction of sp³-hybridized carbons (Fsp3) is 0.375. The molecule has 6 nitrogen and oxygen atoms in total. The first-order chi connectivity index (χ1) is 10.7. The van der Waals surface area contributed by atoms with Gasteiger partial charge in [0.05, 0.1) is 0 Å². The number of carbonyl (C=O) groups excluding carboxylic acids is 2. The Morgan fingerprint density at radius 3 is 2.55 bits per heavy atom. The van der Waals surface area contributed by atoms with Gasteiger partial charge in [0.1, 0.15) is 0 Å². The second-order valence-corrected chi connectivity index (χ2v) is 5.97. The minimum Gasteiger partial charge on any atom is -0.283 e. The predicted octanol–water partition coefficient (Wildman–Crippen LogP) is 1.87. The maximum absolute atomic E-state index is 12.7. The highest BCUT2D eigenvalue weighted by atomic mass is 16.2. The van der Waals surface area contributed by atoms with Crippen molar-refractivity contribution in [2.45, 2.75) is 25.4 Å². The number of urea groups is 1. The van der Waals surface area contributed by atoms with Crippen LogP contribution in [0.5, 0.6) is 0 Å². The maximum atomic E-state index is 12.7. The maximum Gasteiger partial charge on any atom is 0.340 e. The van der Waals surface area contributed by atoms with E-state index in [4.69, 9.17) is 0 Å². The molecule has 4 rings (SSSR count). The van der Waals surface area contributed by atoms with E-state index in [0.717, 1.165) is 18.5 Å². The van der Waals surface area contributed by atoms with Crippen molar-refractivity contribution in [2.24, 2.45) is 5.92 Å². The molecule has 1 N–H and O–H groups in total. The third-order valence-electron chi connectivity index (χ3n) is 4.56. The number of fused-ring (bicyclic) bond motifs is 1. The molecule has 1 saturated carbocycles. The lowest BCUT2D eigenvalue weighted by molar-refractivity contribution is -0.122. The summed E-state index contributed by atoms with van der Waals surface area (Å²) in [6.45, 7) is 0.679. The summed E-state index contributed by atoms with van der Waals surface area (Å²) >= 11 is 0. The molecule has 114 valence electrons. The first-order valence-electron chi connectivity index (χ1n) is 7.66. The molecular formula is C16H18N4O2. The predicted molar refractivity (Wildman–Crippen MR) is 81.3 cm³/mol. The lowest BCUT2D eigenvalue weighted by Crippen LogP contribution is -2.52. The van der Waals surface area contributed by atoms with Gasteiger partial charge in [-0.3, -0.25) is 19.6 Å². The highest BCUT2D eigenvalue weighted by molar-refractivity contribution is 6.02. The van der Waals surface area contributed by atoms with Crippen molar-refractivity contribution >= 4 is 17.6 Å². The van der Waals surface area contributed by atoms with E-state index in [0.29, 0.717) is 12.5 Å². The summed E-state index contributed by atoms with van der Waals surface area (Å²) in [6.07, 6.45) is 6.25. The second kappa shape index (κ2) is 5.14. The number of rotatable bonds is 3. The van der Waals surface area contributed by atoms with Crippen molar-refractivity contribution in [1.29, 1.82) is 0 Å². The molecular weight excluding hydrogens is 280 g/mol. The van der Waals surface area contributed by atoms with Gasteiger partial charge in [-0.05, 0) is 30.9 Å². The zero-order chi connectivity index (χ0) is 15.1. The number of benzene rings is 1. The minimum atomic E-state index is -0.641. The molecule has 0 aromatic heterocycles. The summed E-state index contributed by atoms with van der Waals surface area (Å²) in [4.78, 5) is 28.1. The van der Waals surface area contributed by atoms with Crippen LogP contribution in [0.3, 0.4) is 0 Å². The molecule has 1 saturated heterocycles. The molecule has 3 amide bonds. The normalized spacial score (nSPS) is 24.7. The Hall–Kier alpha value is -2.34. The van der Waals surface area contributed by atoms with Crippen molar-refractivity contribution in [3.05, 3.63) is 42.7 Å².